The quantitative estimate of drug-likeness (QED) is 0.780. The Morgan fingerprint density at radius 3 is 2.53 bits per heavy atom. The van der Waals surface area contributed by atoms with Gasteiger partial charge in [-0.2, -0.15) is 0 Å². The van der Waals surface area contributed by atoms with Crippen LogP contribution in [0.5, 0.6) is 0 Å². The van der Waals surface area contributed by atoms with Crippen LogP contribution in [0.2, 0.25) is 0 Å². The van der Waals surface area contributed by atoms with Crippen LogP contribution >= 0.6 is 27.7 Å². The van der Waals surface area contributed by atoms with Gasteiger partial charge in [0.2, 0.25) is 5.91 Å². The van der Waals surface area contributed by atoms with E-state index < -0.39 is 0 Å². The smallest absolute Gasteiger partial charge is 0.224 e. The molecule has 19 heavy (non-hydrogen) atoms. The monoisotopic (exact) mass is 344 g/mol. The minimum atomic E-state index is -0.131. The Morgan fingerprint density at radius 1 is 1.42 bits per heavy atom. The first kappa shape index (κ1) is 16.5. The summed E-state index contributed by atoms with van der Waals surface area (Å²) in [5.41, 5.74) is 5.48. The number of hydrogen-bond donors (Lipinski definition) is 2. The van der Waals surface area contributed by atoms with Gasteiger partial charge in [-0.25, -0.2) is 0 Å². The van der Waals surface area contributed by atoms with Gasteiger partial charge in [-0.1, -0.05) is 22.9 Å². The highest BCUT2D eigenvalue weighted by atomic mass is 79.9. The van der Waals surface area contributed by atoms with Gasteiger partial charge < -0.3 is 11.1 Å². The molecule has 0 fully saturated rings. The lowest BCUT2D eigenvalue weighted by atomic mass is 10.1. The summed E-state index contributed by atoms with van der Waals surface area (Å²) in [6.45, 7) is 7.08. The maximum atomic E-state index is 11.7. The molecule has 3 N–H and O–H groups in total. The first-order valence-electron chi connectivity index (χ1n) is 6.26. The fourth-order valence-corrected chi connectivity index (χ4v) is 2.76. The van der Waals surface area contributed by atoms with Crippen LogP contribution in [0.4, 0.5) is 0 Å². The van der Waals surface area contributed by atoms with E-state index in [-0.39, 0.29) is 16.6 Å². The van der Waals surface area contributed by atoms with Gasteiger partial charge in [-0.05, 0) is 38.1 Å². The number of nitrogens with two attached hydrogens (primary N) is 1. The fraction of sp³-hybridized carbons (Fsp3) is 0.500. The molecule has 0 saturated heterocycles. The zero-order valence-corrected chi connectivity index (χ0v) is 14.0. The minimum absolute atomic E-state index is 0.0204. The van der Waals surface area contributed by atoms with Crippen molar-refractivity contribution >= 4 is 33.6 Å². The summed E-state index contributed by atoms with van der Waals surface area (Å²) in [6, 6.07) is 8.18. The third kappa shape index (κ3) is 5.97. The van der Waals surface area contributed by atoms with E-state index in [2.05, 4.69) is 47.2 Å². The van der Waals surface area contributed by atoms with Crippen LogP contribution in [0.25, 0.3) is 0 Å². The third-order valence-electron chi connectivity index (χ3n) is 2.70. The maximum absolute atomic E-state index is 11.7. The number of nitrogens with one attached hydrogen (secondary N) is 1. The summed E-state index contributed by atoms with van der Waals surface area (Å²) < 4.78 is 1.01. The third-order valence-corrected chi connectivity index (χ3v) is 4.43. The van der Waals surface area contributed by atoms with Gasteiger partial charge in [-0.15, -0.1) is 11.8 Å². The van der Waals surface area contributed by atoms with Crippen molar-refractivity contribution in [2.75, 3.05) is 13.1 Å². The summed E-state index contributed by atoms with van der Waals surface area (Å²) >= 11 is 5.17. The highest BCUT2D eigenvalue weighted by Gasteiger charge is 2.21. The molecule has 1 rings (SSSR count). The molecule has 0 bridgehead atoms. The fourth-order valence-electron chi connectivity index (χ4n) is 1.44. The number of carbonyl (C=O) groups is 1. The van der Waals surface area contributed by atoms with Gasteiger partial charge in [0.1, 0.15) is 0 Å². The lowest BCUT2D eigenvalue weighted by Crippen LogP contribution is -2.40. The van der Waals surface area contributed by atoms with Crippen molar-refractivity contribution < 1.29 is 4.79 Å². The van der Waals surface area contributed by atoms with Crippen molar-refractivity contribution in [3.05, 3.63) is 28.7 Å². The van der Waals surface area contributed by atoms with Crippen molar-refractivity contribution in [1.29, 1.82) is 0 Å². The molecule has 1 aromatic carbocycles. The molecule has 3 nitrogen and oxygen atoms in total. The zero-order chi connectivity index (χ0) is 14.5. The predicted octanol–water partition coefficient (Wildman–Crippen LogP) is 3.03. The largest absolute Gasteiger partial charge is 0.354 e. The van der Waals surface area contributed by atoms with Gasteiger partial charge in [0.25, 0.3) is 0 Å². The first-order valence-corrected chi connectivity index (χ1v) is 7.87. The molecule has 0 aliphatic rings. The van der Waals surface area contributed by atoms with Crippen LogP contribution in [0.1, 0.15) is 20.8 Å². The number of rotatable bonds is 6. The van der Waals surface area contributed by atoms with E-state index in [1.807, 2.05) is 19.1 Å². The Labute approximate surface area is 127 Å². The van der Waals surface area contributed by atoms with E-state index in [1.54, 1.807) is 11.8 Å². The maximum Gasteiger partial charge on any atom is 0.224 e. The van der Waals surface area contributed by atoms with Crippen LogP contribution in [0.3, 0.4) is 0 Å². The van der Waals surface area contributed by atoms with Crippen LogP contribution in [0.15, 0.2) is 33.6 Å². The Balaban J connectivity index is 2.52. The van der Waals surface area contributed by atoms with Crippen LogP contribution < -0.4 is 11.1 Å². The SMILES string of the molecule is CC(CN)C(=O)NCC(C)(C)Sc1ccc(Br)cc1. The van der Waals surface area contributed by atoms with Crippen molar-refractivity contribution in [3.8, 4) is 0 Å². The molecule has 1 amide bonds. The average molecular weight is 345 g/mol. The minimum Gasteiger partial charge on any atom is -0.354 e. The Morgan fingerprint density at radius 2 is 2.00 bits per heavy atom. The van der Waals surface area contributed by atoms with Crippen molar-refractivity contribution in [2.45, 2.75) is 30.4 Å². The molecular weight excluding hydrogens is 324 g/mol. The van der Waals surface area contributed by atoms with Gasteiger partial charge in [-0.3, -0.25) is 4.79 Å². The molecule has 0 spiro atoms. The molecule has 1 aromatic rings. The standard InChI is InChI=1S/C14H21BrN2OS/c1-10(8-16)13(18)17-9-14(2,3)19-12-6-4-11(15)5-7-12/h4-7,10H,8-9,16H2,1-3H3,(H,17,18). The molecule has 0 aliphatic heterocycles. The number of hydrogen-bond acceptors (Lipinski definition) is 3. The number of halogens is 1. The summed E-state index contributed by atoms with van der Waals surface area (Å²) in [7, 11) is 0. The van der Waals surface area contributed by atoms with E-state index in [0.717, 1.165) is 4.47 Å². The Bertz CT molecular complexity index is 420. The summed E-state index contributed by atoms with van der Waals surface area (Å²) in [6.07, 6.45) is 0. The van der Waals surface area contributed by atoms with Gasteiger partial charge in [0.15, 0.2) is 0 Å². The molecule has 0 heterocycles. The number of carbonyl (C=O) groups excluding carboxylic acids is 1. The normalized spacial score (nSPS) is 13.1. The van der Waals surface area contributed by atoms with Crippen LogP contribution in [-0.2, 0) is 4.79 Å². The number of benzene rings is 1. The second kappa shape index (κ2) is 7.31. The second-order valence-corrected chi connectivity index (χ2v) is 7.87. The molecule has 0 aliphatic carbocycles. The Hall–Kier alpha value is -0.520. The topological polar surface area (TPSA) is 55.1 Å². The molecule has 0 radical (unpaired) electrons. The lowest BCUT2D eigenvalue weighted by Gasteiger charge is -2.25. The molecule has 1 unspecified atom stereocenters. The highest BCUT2D eigenvalue weighted by Crippen LogP contribution is 2.32. The van der Waals surface area contributed by atoms with Gasteiger partial charge in [0.05, 0.1) is 0 Å². The van der Waals surface area contributed by atoms with Gasteiger partial charge >= 0.3 is 0 Å². The van der Waals surface area contributed by atoms with E-state index in [1.165, 1.54) is 4.90 Å². The average Bonchev–Trinajstić information content (AvgIpc) is 2.37. The van der Waals surface area contributed by atoms with Crippen LogP contribution in [0, 0.1) is 5.92 Å². The van der Waals surface area contributed by atoms with Crippen molar-refractivity contribution in [2.24, 2.45) is 11.7 Å². The van der Waals surface area contributed by atoms with Crippen molar-refractivity contribution in [3.63, 3.8) is 0 Å². The lowest BCUT2D eigenvalue weighted by molar-refractivity contribution is -0.124. The zero-order valence-electron chi connectivity index (χ0n) is 11.6. The molecule has 106 valence electrons. The van der Waals surface area contributed by atoms with Crippen molar-refractivity contribution in [1.82, 2.24) is 5.32 Å². The number of thioether (sulfide) groups is 1. The predicted molar refractivity (Wildman–Crippen MR) is 85.3 cm³/mol. The van der Waals surface area contributed by atoms with E-state index in [0.29, 0.717) is 13.1 Å². The molecular formula is C14H21BrN2OS. The highest BCUT2D eigenvalue weighted by molar-refractivity contribution is 9.10. The summed E-state index contributed by atoms with van der Waals surface area (Å²) in [4.78, 5) is 12.9. The van der Waals surface area contributed by atoms with E-state index in [4.69, 9.17) is 5.73 Å². The second-order valence-electron chi connectivity index (χ2n) is 5.17. The molecule has 0 aromatic heterocycles. The summed E-state index contributed by atoms with van der Waals surface area (Å²) in [5.74, 6) is -0.111. The molecule has 5 heteroatoms. The van der Waals surface area contributed by atoms with E-state index >= 15 is 0 Å². The molecule has 0 saturated carbocycles. The Kier molecular flexibility index (Phi) is 6.36. The van der Waals surface area contributed by atoms with Crippen LogP contribution in [-0.4, -0.2) is 23.7 Å². The first-order chi connectivity index (χ1) is 8.84. The number of amides is 1. The summed E-state index contributed by atoms with van der Waals surface area (Å²) in [5, 5.41) is 2.96. The molecule has 1 atom stereocenters. The van der Waals surface area contributed by atoms with E-state index in [9.17, 15) is 4.79 Å². The van der Waals surface area contributed by atoms with Gasteiger partial charge in [0, 0.05) is 33.1 Å².